The molecular formula is C21H21N3O. The van der Waals surface area contributed by atoms with Crippen molar-refractivity contribution in [3.63, 3.8) is 0 Å². The second-order valence-electron chi connectivity index (χ2n) is 6.68. The Morgan fingerprint density at radius 1 is 1.00 bits per heavy atom. The van der Waals surface area contributed by atoms with E-state index in [1.165, 1.54) is 17.5 Å². The van der Waals surface area contributed by atoms with Gasteiger partial charge in [0.15, 0.2) is 0 Å². The third-order valence-electron chi connectivity index (χ3n) is 4.74. The standard InChI is InChI=1S/C21H21N3O/c1-14-12-15(2)24(23-14)20-10-7-17(8-11-20)21(25)22-19-9-6-16-4-3-5-18(16)13-19/h6-13H,3-5H2,1-2H3,(H,22,25). The van der Waals surface area contributed by atoms with Crippen LogP contribution in [0.2, 0.25) is 0 Å². The van der Waals surface area contributed by atoms with Crippen molar-refractivity contribution in [1.82, 2.24) is 9.78 Å². The number of fused-ring (bicyclic) bond motifs is 1. The molecule has 4 nitrogen and oxygen atoms in total. The van der Waals surface area contributed by atoms with Crippen molar-refractivity contribution < 1.29 is 4.79 Å². The molecule has 1 N–H and O–H groups in total. The van der Waals surface area contributed by atoms with Gasteiger partial charge in [0.2, 0.25) is 0 Å². The molecule has 25 heavy (non-hydrogen) atoms. The quantitative estimate of drug-likeness (QED) is 0.781. The summed E-state index contributed by atoms with van der Waals surface area (Å²) >= 11 is 0. The Balaban J connectivity index is 1.52. The van der Waals surface area contributed by atoms with Gasteiger partial charge in [-0.2, -0.15) is 5.10 Å². The molecule has 4 heteroatoms. The van der Waals surface area contributed by atoms with Crippen LogP contribution in [-0.2, 0) is 12.8 Å². The first-order valence-electron chi connectivity index (χ1n) is 8.67. The maximum Gasteiger partial charge on any atom is 0.255 e. The van der Waals surface area contributed by atoms with Crippen LogP contribution in [0.3, 0.4) is 0 Å². The van der Waals surface area contributed by atoms with E-state index in [0.29, 0.717) is 5.56 Å². The first-order valence-corrected chi connectivity index (χ1v) is 8.67. The van der Waals surface area contributed by atoms with Gasteiger partial charge in [-0.15, -0.1) is 0 Å². The molecule has 126 valence electrons. The van der Waals surface area contributed by atoms with Crippen molar-refractivity contribution in [2.45, 2.75) is 33.1 Å². The molecule has 0 saturated carbocycles. The predicted octanol–water partition coefficient (Wildman–Crippen LogP) is 4.23. The molecule has 1 heterocycles. The van der Waals surface area contributed by atoms with Gasteiger partial charge in [-0.05, 0) is 86.7 Å². The average Bonchev–Trinajstić information content (AvgIpc) is 3.20. The van der Waals surface area contributed by atoms with Gasteiger partial charge < -0.3 is 5.32 Å². The predicted molar refractivity (Wildman–Crippen MR) is 99.5 cm³/mol. The summed E-state index contributed by atoms with van der Waals surface area (Å²) in [7, 11) is 0. The van der Waals surface area contributed by atoms with E-state index >= 15 is 0 Å². The van der Waals surface area contributed by atoms with E-state index in [2.05, 4.69) is 22.5 Å². The normalized spacial score (nSPS) is 12.9. The summed E-state index contributed by atoms with van der Waals surface area (Å²) in [5.41, 5.74) is 7.30. The van der Waals surface area contributed by atoms with Crippen LogP contribution < -0.4 is 5.32 Å². The number of carbonyl (C=O) groups excluding carboxylic acids is 1. The highest BCUT2D eigenvalue weighted by molar-refractivity contribution is 6.04. The minimum absolute atomic E-state index is 0.0853. The molecule has 3 aromatic rings. The Bertz CT molecular complexity index is 938. The number of aromatic nitrogens is 2. The fraction of sp³-hybridized carbons (Fsp3) is 0.238. The van der Waals surface area contributed by atoms with Gasteiger partial charge in [-0.3, -0.25) is 4.79 Å². The van der Waals surface area contributed by atoms with Crippen LogP contribution >= 0.6 is 0 Å². The topological polar surface area (TPSA) is 46.9 Å². The lowest BCUT2D eigenvalue weighted by Crippen LogP contribution is -2.12. The zero-order valence-corrected chi connectivity index (χ0v) is 14.5. The summed E-state index contributed by atoms with van der Waals surface area (Å²) in [5.74, 6) is -0.0853. The zero-order valence-electron chi connectivity index (χ0n) is 14.5. The number of nitrogens with one attached hydrogen (secondary N) is 1. The van der Waals surface area contributed by atoms with Crippen LogP contribution in [0.15, 0.2) is 48.5 Å². The molecule has 0 unspecified atom stereocenters. The van der Waals surface area contributed by atoms with Gasteiger partial charge in [0.25, 0.3) is 5.91 Å². The minimum Gasteiger partial charge on any atom is -0.322 e. The van der Waals surface area contributed by atoms with Crippen LogP contribution in [-0.4, -0.2) is 15.7 Å². The van der Waals surface area contributed by atoms with Crippen LogP contribution in [0.4, 0.5) is 5.69 Å². The Morgan fingerprint density at radius 2 is 1.76 bits per heavy atom. The minimum atomic E-state index is -0.0853. The molecule has 1 aliphatic rings. The molecule has 0 bridgehead atoms. The van der Waals surface area contributed by atoms with E-state index in [4.69, 9.17) is 0 Å². The van der Waals surface area contributed by atoms with E-state index in [1.807, 2.05) is 54.9 Å². The second-order valence-corrected chi connectivity index (χ2v) is 6.68. The van der Waals surface area contributed by atoms with Gasteiger partial charge in [0.1, 0.15) is 0 Å². The third-order valence-corrected chi connectivity index (χ3v) is 4.74. The Labute approximate surface area is 147 Å². The highest BCUT2D eigenvalue weighted by Gasteiger charge is 2.13. The SMILES string of the molecule is Cc1cc(C)n(-c2ccc(C(=O)Nc3ccc4c(c3)CCC4)cc2)n1. The monoisotopic (exact) mass is 331 g/mol. The van der Waals surface area contributed by atoms with Crippen LogP contribution in [0, 0.1) is 13.8 Å². The number of rotatable bonds is 3. The summed E-state index contributed by atoms with van der Waals surface area (Å²) in [6.07, 6.45) is 3.47. The summed E-state index contributed by atoms with van der Waals surface area (Å²) in [4.78, 5) is 12.5. The fourth-order valence-electron chi connectivity index (χ4n) is 3.50. The van der Waals surface area contributed by atoms with Crippen LogP contribution in [0.5, 0.6) is 0 Å². The number of hydrogen-bond acceptors (Lipinski definition) is 2. The molecule has 0 fully saturated rings. The molecule has 0 spiro atoms. The van der Waals surface area contributed by atoms with Gasteiger partial charge in [0.05, 0.1) is 11.4 Å². The maximum atomic E-state index is 12.5. The van der Waals surface area contributed by atoms with Crippen molar-refractivity contribution in [2.75, 3.05) is 5.32 Å². The second kappa shape index (κ2) is 6.20. The highest BCUT2D eigenvalue weighted by atomic mass is 16.1. The Hall–Kier alpha value is -2.88. The molecule has 0 atom stereocenters. The van der Waals surface area contributed by atoms with Gasteiger partial charge in [0, 0.05) is 16.9 Å². The number of nitrogens with zero attached hydrogens (tertiary/aromatic N) is 2. The Kier molecular flexibility index (Phi) is 3.88. The molecule has 0 radical (unpaired) electrons. The van der Waals surface area contributed by atoms with E-state index in [0.717, 1.165) is 35.6 Å². The summed E-state index contributed by atoms with van der Waals surface area (Å²) in [5, 5.41) is 7.47. The molecule has 0 saturated heterocycles. The van der Waals surface area contributed by atoms with Crippen molar-refractivity contribution in [3.8, 4) is 5.69 Å². The van der Waals surface area contributed by atoms with E-state index in [-0.39, 0.29) is 5.91 Å². The van der Waals surface area contributed by atoms with E-state index < -0.39 is 0 Å². The van der Waals surface area contributed by atoms with Gasteiger partial charge in [-0.1, -0.05) is 6.07 Å². The number of carbonyl (C=O) groups is 1. The van der Waals surface area contributed by atoms with Crippen molar-refractivity contribution in [1.29, 1.82) is 0 Å². The summed E-state index contributed by atoms with van der Waals surface area (Å²) in [6.45, 7) is 4.00. The number of amides is 1. The van der Waals surface area contributed by atoms with Gasteiger partial charge in [-0.25, -0.2) is 4.68 Å². The number of aryl methyl sites for hydroxylation is 4. The highest BCUT2D eigenvalue weighted by Crippen LogP contribution is 2.25. The number of benzene rings is 2. The summed E-state index contributed by atoms with van der Waals surface area (Å²) < 4.78 is 1.89. The Morgan fingerprint density at radius 3 is 2.48 bits per heavy atom. The zero-order chi connectivity index (χ0) is 17.4. The molecule has 1 amide bonds. The molecule has 4 rings (SSSR count). The first kappa shape index (κ1) is 15.6. The molecule has 0 aliphatic heterocycles. The molecule has 2 aromatic carbocycles. The van der Waals surface area contributed by atoms with Crippen molar-refractivity contribution >= 4 is 11.6 Å². The number of hydrogen-bond donors (Lipinski definition) is 1. The lowest BCUT2D eigenvalue weighted by atomic mass is 10.1. The van der Waals surface area contributed by atoms with Crippen LogP contribution in [0.1, 0.15) is 39.3 Å². The van der Waals surface area contributed by atoms with E-state index in [1.54, 1.807) is 0 Å². The molecular weight excluding hydrogens is 310 g/mol. The van der Waals surface area contributed by atoms with Crippen molar-refractivity contribution in [2.24, 2.45) is 0 Å². The van der Waals surface area contributed by atoms with Gasteiger partial charge >= 0.3 is 0 Å². The lowest BCUT2D eigenvalue weighted by molar-refractivity contribution is 0.102. The first-order chi connectivity index (χ1) is 12.1. The maximum absolute atomic E-state index is 12.5. The van der Waals surface area contributed by atoms with E-state index in [9.17, 15) is 4.79 Å². The molecule has 1 aliphatic carbocycles. The lowest BCUT2D eigenvalue weighted by Gasteiger charge is -2.09. The van der Waals surface area contributed by atoms with Crippen LogP contribution in [0.25, 0.3) is 5.69 Å². The molecule has 1 aromatic heterocycles. The largest absolute Gasteiger partial charge is 0.322 e. The smallest absolute Gasteiger partial charge is 0.255 e. The fourth-order valence-corrected chi connectivity index (χ4v) is 3.50. The third kappa shape index (κ3) is 3.07. The van der Waals surface area contributed by atoms with Crippen molar-refractivity contribution in [3.05, 3.63) is 76.6 Å². The summed E-state index contributed by atoms with van der Waals surface area (Å²) in [6, 6.07) is 15.8. The number of anilines is 1. The average molecular weight is 331 g/mol.